The Morgan fingerprint density at radius 1 is 1.57 bits per heavy atom. The highest BCUT2D eigenvalue weighted by molar-refractivity contribution is 5.94. The van der Waals surface area contributed by atoms with Crippen molar-refractivity contribution in [1.82, 2.24) is 9.80 Å². The van der Waals surface area contributed by atoms with Gasteiger partial charge in [-0.25, -0.2) is 0 Å². The van der Waals surface area contributed by atoms with Crippen molar-refractivity contribution in [2.45, 2.75) is 25.9 Å². The molecule has 1 aliphatic heterocycles. The van der Waals surface area contributed by atoms with Gasteiger partial charge in [0.25, 0.3) is 0 Å². The molecule has 0 bridgehead atoms. The molecule has 0 spiro atoms. The zero-order valence-electron chi connectivity index (χ0n) is 8.86. The van der Waals surface area contributed by atoms with Crippen molar-refractivity contribution >= 4 is 11.8 Å². The van der Waals surface area contributed by atoms with Crippen molar-refractivity contribution in [3.63, 3.8) is 0 Å². The van der Waals surface area contributed by atoms with Gasteiger partial charge < -0.3 is 15.5 Å². The number of carbonyl (C=O) groups excluding carboxylic acids is 2. The molecule has 2 amide bonds. The summed E-state index contributed by atoms with van der Waals surface area (Å²) in [5.74, 6) is -0.0536. The second-order valence-electron chi connectivity index (χ2n) is 3.88. The normalized spacial score (nSPS) is 25.6. The molecule has 0 aliphatic carbocycles. The van der Waals surface area contributed by atoms with Gasteiger partial charge in [-0.15, -0.1) is 0 Å². The molecule has 80 valence electrons. The van der Waals surface area contributed by atoms with Crippen LogP contribution in [-0.4, -0.2) is 53.8 Å². The number of hydrogen-bond acceptors (Lipinski definition) is 3. The minimum atomic E-state index is -0.366. The van der Waals surface area contributed by atoms with Crippen LogP contribution in [0.2, 0.25) is 0 Å². The van der Waals surface area contributed by atoms with Crippen LogP contribution in [0.3, 0.4) is 0 Å². The molecule has 2 atom stereocenters. The van der Waals surface area contributed by atoms with Gasteiger partial charge in [0.2, 0.25) is 11.8 Å². The summed E-state index contributed by atoms with van der Waals surface area (Å²) in [5.41, 5.74) is 5.59. The molecule has 1 fully saturated rings. The Bertz CT molecular complexity index is 252. The van der Waals surface area contributed by atoms with Crippen LogP contribution in [0.25, 0.3) is 0 Å². The van der Waals surface area contributed by atoms with Crippen molar-refractivity contribution in [2.75, 3.05) is 20.1 Å². The summed E-state index contributed by atoms with van der Waals surface area (Å²) in [5, 5.41) is 0. The third kappa shape index (κ3) is 2.04. The Morgan fingerprint density at radius 3 is 2.64 bits per heavy atom. The zero-order chi connectivity index (χ0) is 10.9. The fourth-order valence-corrected chi connectivity index (χ4v) is 1.50. The highest BCUT2D eigenvalue weighted by Crippen LogP contribution is 2.10. The highest BCUT2D eigenvalue weighted by atomic mass is 16.2. The summed E-state index contributed by atoms with van der Waals surface area (Å²) in [7, 11) is 1.65. The van der Waals surface area contributed by atoms with E-state index in [4.69, 9.17) is 5.73 Å². The second-order valence-corrected chi connectivity index (χ2v) is 3.88. The predicted molar refractivity (Wildman–Crippen MR) is 52.5 cm³/mol. The molecule has 14 heavy (non-hydrogen) atoms. The Balaban J connectivity index is 2.70. The summed E-state index contributed by atoms with van der Waals surface area (Å²) in [4.78, 5) is 26.1. The van der Waals surface area contributed by atoms with Gasteiger partial charge in [0.1, 0.15) is 6.04 Å². The van der Waals surface area contributed by atoms with E-state index in [9.17, 15) is 9.59 Å². The van der Waals surface area contributed by atoms with Crippen LogP contribution >= 0.6 is 0 Å². The van der Waals surface area contributed by atoms with Gasteiger partial charge in [-0.3, -0.25) is 9.59 Å². The van der Waals surface area contributed by atoms with Crippen molar-refractivity contribution < 1.29 is 9.59 Å². The van der Waals surface area contributed by atoms with Gasteiger partial charge in [-0.1, -0.05) is 0 Å². The molecule has 5 nitrogen and oxygen atoms in total. The Kier molecular flexibility index (Phi) is 3.10. The molecule has 1 saturated heterocycles. The third-order valence-electron chi connectivity index (χ3n) is 2.48. The summed E-state index contributed by atoms with van der Waals surface area (Å²) >= 11 is 0. The van der Waals surface area contributed by atoms with Crippen LogP contribution in [0.15, 0.2) is 0 Å². The van der Waals surface area contributed by atoms with Crippen LogP contribution in [0.5, 0.6) is 0 Å². The average Bonchev–Trinajstić information content (AvgIpc) is 2.10. The molecule has 1 aliphatic rings. The predicted octanol–water partition coefficient (Wildman–Crippen LogP) is -0.977. The van der Waals surface area contributed by atoms with Crippen molar-refractivity contribution in [3.8, 4) is 0 Å². The minimum absolute atomic E-state index is 0.0237. The van der Waals surface area contributed by atoms with Gasteiger partial charge >= 0.3 is 0 Å². The van der Waals surface area contributed by atoms with E-state index in [0.717, 1.165) is 0 Å². The quantitative estimate of drug-likeness (QED) is 0.622. The molecule has 0 aromatic carbocycles. The van der Waals surface area contributed by atoms with E-state index >= 15 is 0 Å². The number of amides is 2. The van der Waals surface area contributed by atoms with Crippen LogP contribution in [-0.2, 0) is 9.59 Å². The molecule has 5 heteroatoms. The summed E-state index contributed by atoms with van der Waals surface area (Å²) in [6.45, 7) is 4.15. The lowest BCUT2D eigenvalue weighted by atomic mass is 10.1. The van der Waals surface area contributed by atoms with Crippen LogP contribution in [0, 0.1) is 0 Å². The van der Waals surface area contributed by atoms with E-state index in [1.165, 1.54) is 9.80 Å². The first-order chi connectivity index (χ1) is 6.43. The van der Waals surface area contributed by atoms with Crippen LogP contribution < -0.4 is 5.73 Å². The molecule has 0 aromatic rings. The summed E-state index contributed by atoms with van der Waals surface area (Å²) in [6, 6.07) is -0.461. The first kappa shape index (κ1) is 11.0. The lowest BCUT2D eigenvalue weighted by Crippen LogP contribution is -2.58. The van der Waals surface area contributed by atoms with Crippen molar-refractivity contribution in [2.24, 2.45) is 5.73 Å². The molecule has 2 unspecified atom stereocenters. The number of nitrogens with zero attached hydrogens (tertiary/aromatic N) is 2. The maximum absolute atomic E-state index is 11.7. The molecule has 0 radical (unpaired) electrons. The second kappa shape index (κ2) is 3.96. The number of rotatable bonds is 2. The van der Waals surface area contributed by atoms with Gasteiger partial charge in [0, 0.05) is 19.6 Å². The number of hydrogen-bond donors (Lipinski definition) is 1. The number of piperazine rings is 1. The van der Waals surface area contributed by atoms with E-state index < -0.39 is 0 Å². The van der Waals surface area contributed by atoms with Crippen LogP contribution in [0.1, 0.15) is 13.8 Å². The fourth-order valence-electron chi connectivity index (χ4n) is 1.50. The van der Waals surface area contributed by atoms with Crippen molar-refractivity contribution in [3.05, 3.63) is 0 Å². The lowest BCUT2D eigenvalue weighted by molar-refractivity contribution is -0.153. The molecular weight excluding hydrogens is 182 g/mol. The monoisotopic (exact) mass is 199 g/mol. The van der Waals surface area contributed by atoms with Gasteiger partial charge in [-0.05, 0) is 13.8 Å². The lowest BCUT2D eigenvalue weighted by Gasteiger charge is -2.37. The van der Waals surface area contributed by atoms with Crippen LogP contribution in [0.4, 0.5) is 0 Å². The van der Waals surface area contributed by atoms with E-state index in [2.05, 4.69) is 0 Å². The highest BCUT2D eigenvalue weighted by Gasteiger charge is 2.34. The topological polar surface area (TPSA) is 66.6 Å². The number of likely N-dealkylation sites (N-methyl/N-ethyl adjacent to an activating group) is 1. The Hall–Kier alpha value is -1.10. The van der Waals surface area contributed by atoms with Crippen molar-refractivity contribution in [1.29, 1.82) is 0 Å². The van der Waals surface area contributed by atoms with Gasteiger partial charge in [-0.2, -0.15) is 0 Å². The van der Waals surface area contributed by atoms with E-state index in [-0.39, 0.29) is 30.4 Å². The maximum atomic E-state index is 11.7. The van der Waals surface area contributed by atoms with Gasteiger partial charge in [0.15, 0.2) is 0 Å². The molecule has 1 rings (SSSR count). The maximum Gasteiger partial charge on any atom is 0.245 e. The van der Waals surface area contributed by atoms with E-state index in [1.54, 1.807) is 14.0 Å². The van der Waals surface area contributed by atoms with E-state index in [0.29, 0.717) is 6.54 Å². The molecule has 1 heterocycles. The number of carbonyl (C=O) groups is 2. The average molecular weight is 199 g/mol. The molecule has 0 saturated carbocycles. The zero-order valence-corrected chi connectivity index (χ0v) is 8.86. The Morgan fingerprint density at radius 2 is 2.14 bits per heavy atom. The summed E-state index contributed by atoms with van der Waals surface area (Å²) in [6.07, 6.45) is 0. The standard InChI is InChI=1S/C9H17N3O2/c1-6(10)4-12-5-8(13)11(3)7(2)9(12)14/h6-7H,4-5,10H2,1-3H3. The SMILES string of the molecule is CC(N)CN1CC(=O)N(C)C(C)C1=O. The molecule has 0 aromatic heterocycles. The Labute approximate surface area is 83.8 Å². The first-order valence-corrected chi connectivity index (χ1v) is 4.73. The smallest absolute Gasteiger partial charge is 0.245 e. The minimum Gasteiger partial charge on any atom is -0.332 e. The van der Waals surface area contributed by atoms with E-state index in [1.807, 2.05) is 6.92 Å². The fraction of sp³-hybridized carbons (Fsp3) is 0.778. The van der Waals surface area contributed by atoms with Gasteiger partial charge in [0.05, 0.1) is 6.54 Å². The molecule has 2 N–H and O–H groups in total. The molecular formula is C9H17N3O2. The number of nitrogens with two attached hydrogens (primary N) is 1. The largest absolute Gasteiger partial charge is 0.332 e. The third-order valence-corrected chi connectivity index (χ3v) is 2.48. The first-order valence-electron chi connectivity index (χ1n) is 4.73. The summed E-state index contributed by atoms with van der Waals surface area (Å²) < 4.78 is 0.